The van der Waals surface area contributed by atoms with Gasteiger partial charge in [-0.15, -0.1) is 10.2 Å². The van der Waals surface area contributed by atoms with Gasteiger partial charge in [0.1, 0.15) is 0 Å². The molecule has 2 aliphatic rings. The number of hydrogen-bond donors (Lipinski definition) is 1. The fraction of sp³-hybridized carbons (Fsp3) is 0.346. The van der Waals surface area contributed by atoms with Gasteiger partial charge in [0, 0.05) is 25.2 Å². The van der Waals surface area contributed by atoms with Crippen molar-refractivity contribution in [2.45, 2.75) is 32.2 Å². The number of hydrogen-bond acceptors (Lipinski definition) is 7. The van der Waals surface area contributed by atoms with Crippen molar-refractivity contribution in [2.24, 2.45) is 0 Å². The van der Waals surface area contributed by atoms with Crippen LogP contribution in [0.2, 0.25) is 0 Å². The van der Waals surface area contributed by atoms with Gasteiger partial charge in [0.15, 0.2) is 10.9 Å². The predicted molar refractivity (Wildman–Crippen MR) is 133 cm³/mol. The first-order chi connectivity index (χ1) is 16.3. The molecule has 1 aliphatic carbocycles. The average Bonchev–Trinajstić information content (AvgIpc) is 3.26. The standard InChI is InChI=1S/C26H27N5OS/c1-2-4-20-16-21(7-6-19(20)3-1)22-9-10-25(30-29-22)28-26-27-23-8-5-18(15-24(23)33-26)17-31-11-13-32-14-12-31/h5-10,15-16H,1-4,11-14,17H2,(H,27,28,30). The Labute approximate surface area is 197 Å². The zero-order chi connectivity index (χ0) is 22.0. The summed E-state index contributed by atoms with van der Waals surface area (Å²) in [6.45, 7) is 4.59. The molecule has 4 aromatic rings. The molecule has 1 fully saturated rings. The van der Waals surface area contributed by atoms with Gasteiger partial charge in [-0.3, -0.25) is 4.90 Å². The average molecular weight is 458 g/mol. The molecule has 0 radical (unpaired) electrons. The zero-order valence-electron chi connectivity index (χ0n) is 18.6. The van der Waals surface area contributed by atoms with Gasteiger partial charge in [0.05, 0.1) is 29.1 Å². The number of nitrogens with zero attached hydrogens (tertiary/aromatic N) is 4. The molecule has 6 nitrogen and oxygen atoms in total. The maximum absolute atomic E-state index is 5.45. The monoisotopic (exact) mass is 457 g/mol. The number of aromatic nitrogens is 3. The molecule has 33 heavy (non-hydrogen) atoms. The van der Waals surface area contributed by atoms with Crippen LogP contribution in [0.1, 0.15) is 29.5 Å². The number of benzene rings is 2. The van der Waals surface area contributed by atoms with E-state index in [0.29, 0.717) is 5.82 Å². The van der Waals surface area contributed by atoms with Crippen molar-refractivity contribution in [3.8, 4) is 11.3 Å². The van der Waals surface area contributed by atoms with Crippen molar-refractivity contribution in [3.05, 3.63) is 65.2 Å². The van der Waals surface area contributed by atoms with Crippen LogP contribution in [-0.4, -0.2) is 46.4 Å². The summed E-state index contributed by atoms with van der Waals surface area (Å²) in [5.41, 5.74) is 7.32. The molecule has 0 unspecified atom stereocenters. The molecule has 6 rings (SSSR count). The Kier molecular flexibility index (Phi) is 5.76. The van der Waals surface area contributed by atoms with Crippen LogP contribution in [0.3, 0.4) is 0 Å². The lowest BCUT2D eigenvalue weighted by Gasteiger charge is -2.26. The second-order valence-electron chi connectivity index (χ2n) is 8.83. The minimum absolute atomic E-state index is 0.712. The second-order valence-corrected chi connectivity index (χ2v) is 9.86. The van der Waals surface area contributed by atoms with Gasteiger partial charge >= 0.3 is 0 Å². The third-order valence-corrected chi connectivity index (χ3v) is 7.44. The summed E-state index contributed by atoms with van der Waals surface area (Å²) >= 11 is 1.65. The van der Waals surface area contributed by atoms with E-state index in [1.54, 1.807) is 11.3 Å². The Morgan fingerprint density at radius 2 is 1.79 bits per heavy atom. The van der Waals surface area contributed by atoms with E-state index in [9.17, 15) is 0 Å². The molecule has 1 saturated heterocycles. The van der Waals surface area contributed by atoms with Crippen LogP contribution in [-0.2, 0) is 24.1 Å². The van der Waals surface area contributed by atoms with Gasteiger partial charge in [0.25, 0.3) is 0 Å². The van der Waals surface area contributed by atoms with E-state index in [-0.39, 0.29) is 0 Å². The molecule has 7 heteroatoms. The van der Waals surface area contributed by atoms with E-state index >= 15 is 0 Å². The summed E-state index contributed by atoms with van der Waals surface area (Å²) < 4.78 is 6.64. The maximum Gasteiger partial charge on any atom is 0.189 e. The Bertz CT molecular complexity index is 1260. The molecule has 1 aliphatic heterocycles. The lowest BCUT2D eigenvalue weighted by molar-refractivity contribution is 0.0342. The van der Waals surface area contributed by atoms with Crippen molar-refractivity contribution >= 4 is 32.5 Å². The smallest absolute Gasteiger partial charge is 0.189 e. The Morgan fingerprint density at radius 1 is 0.909 bits per heavy atom. The van der Waals surface area contributed by atoms with Crippen molar-refractivity contribution < 1.29 is 4.74 Å². The van der Waals surface area contributed by atoms with Crippen LogP contribution in [0, 0.1) is 0 Å². The molecule has 0 amide bonds. The number of nitrogens with one attached hydrogen (secondary N) is 1. The Hall–Kier alpha value is -2.87. The molecular weight excluding hydrogens is 430 g/mol. The minimum atomic E-state index is 0.712. The SMILES string of the molecule is c1cc2nc(Nc3ccc(-c4ccc5c(c4)CCCC5)nn3)sc2cc1CN1CCOCC1. The van der Waals surface area contributed by atoms with Crippen LogP contribution in [0.5, 0.6) is 0 Å². The van der Waals surface area contributed by atoms with Gasteiger partial charge in [-0.05, 0) is 72.7 Å². The molecule has 0 spiro atoms. The zero-order valence-corrected chi connectivity index (χ0v) is 19.4. The number of ether oxygens (including phenoxy) is 1. The van der Waals surface area contributed by atoms with E-state index in [0.717, 1.165) is 54.8 Å². The van der Waals surface area contributed by atoms with Gasteiger partial charge in [-0.1, -0.05) is 29.5 Å². The van der Waals surface area contributed by atoms with Crippen LogP contribution in [0.4, 0.5) is 10.9 Å². The summed E-state index contributed by atoms with van der Waals surface area (Å²) in [7, 11) is 0. The Morgan fingerprint density at radius 3 is 2.64 bits per heavy atom. The molecular formula is C26H27N5OS. The van der Waals surface area contributed by atoms with Crippen LogP contribution >= 0.6 is 11.3 Å². The van der Waals surface area contributed by atoms with E-state index in [4.69, 9.17) is 9.72 Å². The number of aryl methyl sites for hydroxylation is 2. The molecule has 2 aromatic carbocycles. The van der Waals surface area contributed by atoms with Gasteiger partial charge < -0.3 is 10.1 Å². The summed E-state index contributed by atoms with van der Waals surface area (Å²) in [5, 5.41) is 13.1. The number of morpholine rings is 1. The predicted octanol–water partition coefficient (Wildman–Crippen LogP) is 5.21. The quantitative estimate of drug-likeness (QED) is 0.444. The van der Waals surface area contributed by atoms with E-state index < -0.39 is 0 Å². The number of rotatable bonds is 5. The van der Waals surface area contributed by atoms with Crippen molar-refractivity contribution in [1.29, 1.82) is 0 Å². The third-order valence-electron chi connectivity index (χ3n) is 6.51. The number of thiazole rings is 1. The van der Waals surface area contributed by atoms with E-state index in [1.807, 2.05) is 12.1 Å². The van der Waals surface area contributed by atoms with Crippen molar-refractivity contribution in [3.63, 3.8) is 0 Å². The highest BCUT2D eigenvalue weighted by molar-refractivity contribution is 7.22. The lowest BCUT2D eigenvalue weighted by Crippen LogP contribution is -2.35. The first kappa shape index (κ1) is 20.7. The second kappa shape index (κ2) is 9.17. The van der Waals surface area contributed by atoms with E-state index in [2.05, 4.69) is 56.8 Å². The van der Waals surface area contributed by atoms with Gasteiger partial charge in [-0.25, -0.2) is 4.98 Å². The first-order valence-electron chi connectivity index (χ1n) is 11.7. The normalized spacial score (nSPS) is 16.6. The van der Waals surface area contributed by atoms with Crippen molar-refractivity contribution in [1.82, 2.24) is 20.1 Å². The van der Waals surface area contributed by atoms with E-state index in [1.165, 1.54) is 47.1 Å². The molecule has 0 saturated carbocycles. The highest BCUT2D eigenvalue weighted by atomic mass is 32.1. The maximum atomic E-state index is 5.45. The molecule has 168 valence electrons. The summed E-state index contributed by atoms with van der Waals surface area (Å²) in [4.78, 5) is 7.17. The van der Waals surface area contributed by atoms with Crippen LogP contribution in [0.25, 0.3) is 21.5 Å². The lowest BCUT2D eigenvalue weighted by atomic mass is 9.90. The topological polar surface area (TPSA) is 63.2 Å². The Balaban J connectivity index is 1.16. The summed E-state index contributed by atoms with van der Waals surface area (Å²) in [6, 6.07) is 17.3. The van der Waals surface area contributed by atoms with Crippen LogP contribution < -0.4 is 5.32 Å². The largest absolute Gasteiger partial charge is 0.379 e. The highest BCUT2D eigenvalue weighted by Crippen LogP contribution is 2.30. The molecule has 3 heterocycles. The minimum Gasteiger partial charge on any atom is -0.379 e. The molecule has 0 bridgehead atoms. The van der Waals surface area contributed by atoms with Crippen molar-refractivity contribution in [2.75, 3.05) is 31.6 Å². The fourth-order valence-electron chi connectivity index (χ4n) is 4.69. The third kappa shape index (κ3) is 4.62. The number of anilines is 2. The molecule has 1 N–H and O–H groups in total. The fourth-order valence-corrected chi connectivity index (χ4v) is 5.63. The summed E-state index contributed by atoms with van der Waals surface area (Å²) in [6.07, 6.45) is 4.94. The molecule has 2 aromatic heterocycles. The first-order valence-corrected chi connectivity index (χ1v) is 12.5. The highest BCUT2D eigenvalue weighted by Gasteiger charge is 2.13. The van der Waals surface area contributed by atoms with Gasteiger partial charge in [0.2, 0.25) is 0 Å². The van der Waals surface area contributed by atoms with Crippen LogP contribution in [0.15, 0.2) is 48.5 Å². The summed E-state index contributed by atoms with van der Waals surface area (Å²) in [5.74, 6) is 0.712. The number of fused-ring (bicyclic) bond motifs is 2. The molecule has 0 atom stereocenters. The van der Waals surface area contributed by atoms with Gasteiger partial charge in [-0.2, -0.15) is 0 Å².